The predicted molar refractivity (Wildman–Crippen MR) is 72.7 cm³/mol. The van der Waals surface area contributed by atoms with Gasteiger partial charge in [0.2, 0.25) is 0 Å². The molecule has 0 aromatic heterocycles. The van der Waals surface area contributed by atoms with E-state index in [1.54, 1.807) is 4.90 Å². The summed E-state index contributed by atoms with van der Waals surface area (Å²) in [6.45, 7) is 3.74. The molecule has 2 heterocycles. The quantitative estimate of drug-likeness (QED) is 0.824. The average molecular weight is 258 g/mol. The molecule has 19 heavy (non-hydrogen) atoms. The fourth-order valence-corrected chi connectivity index (χ4v) is 2.59. The first-order valence-electron chi connectivity index (χ1n) is 6.69. The van der Waals surface area contributed by atoms with Crippen molar-refractivity contribution in [2.24, 2.45) is 0 Å². The lowest BCUT2D eigenvalue weighted by molar-refractivity contribution is 0.0980. The Bertz CT molecular complexity index is 496. The fraction of sp³-hybridized carbons (Fsp3) is 0.400. The van der Waals surface area contributed by atoms with Gasteiger partial charge in [0, 0.05) is 26.2 Å². The first-order valence-corrected chi connectivity index (χ1v) is 6.69. The second kappa shape index (κ2) is 5.45. The molecule has 0 unspecified atom stereocenters. The van der Waals surface area contributed by atoms with Gasteiger partial charge in [-0.1, -0.05) is 35.9 Å². The van der Waals surface area contributed by atoms with Crippen molar-refractivity contribution in [3.63, 3.8) is 0 Å². The van der Waals surface area contributed by atoms with Crippen LogP contribution in [-0.4, -0.2) is 37.2 Å². The monoisotopic (exact) mass is 258 g/mol. The molecule has 100 valence electrons. The Morgan fingerprint density at radius 1 is 1.21 bits per heavy atom. The van der Waals surface area contributed by atoms with Crippen LogP contribution in [0.1, 0.15) is 12.0 Å². The van der Waals surface area contributed by atoms with E-state index in [-0.39, 0.29) is 6.09 Å². The molecule has 0 radical (unpaired) electrons. The number of ether oxygens (including phenoxy) is 1. The van der Waals surface area contributed by atoms with Gasteiger partial charge in [-0.25, -0.2) is 4.79 Å². The third-order valence-corrected chi connectivity index (χ3v) is 3.71. The summed E-state index contributed by atoms with van der Waals surface area (Å²) in [5.41, 5.74) is 3.87. The molecule has 0 bridgehead atoms. The lowest BCUT2D eigenvalue weighted by Gasteiger charge is -2.27. The summed E-state index contributed by atoms with van der Waals surface area (Å²) in [5.74, 6) is 0. The zero-order valence-corrected chi connectivity index (χ0v) is 10.9. The van der Waals surface area contributed by atoms with Crippen molar-refractivity contribution in [1.82, 2.24) is 10.2 Å². The smallest absolute Gasteiger partial charge is 0.410 e. The zero-order chi connectivity index (χ0) is 13.1. The highest BCUT2D eigenvalue weighted by molar-refractivity contribution is 5.68. The third kappa shape index (κ3) is 2.79. The van der Waals surface area contributed by atoms with Crippen LogP contribution < -0.4 is 5.32 Å². The minimum atomic E-state index is -0.206. The fourth-order valence-electron chi connectivity index (χ4n) is 2.59. The minimum Gasteiger partial charge on any atom is -0.445 e. The Morgan fingerprint density at radius 2 is 2.00 bits per heavy atom. The molecule has 0 saturated carbocycles. The number of hydrogen-bond acceptors (Lipinski definition) is 3. The van der Waals surface area contributed by atoms with Crippen LogP contribution in [-0.2, 0) is 11.3 Å². The normalized spacial score (nSPS) is 18.4. The molecular weight excluding hydrogens is 240 g/mol. The second-order valence-corrected chi connectivity index (χ2v) is 5.02. The van der Waals surface area contributed by atoms with E-state index in [9.17, 15) is 4.79 Å². The Hall–Kier alpha value is -1.81. The van der Waals surface area contributed by atoms with Crippen molar-refractivity contribution in [3.8, 4) is 0 Å². The summed E-state index contributed by atoms with van der Waals surface area (Å²) in [6, 6.07) is 9.78. The van der Waals surface area contributed by atoms with E-state index < -0.39 is 0 Å². The molecule has 0 aliphatic carbocycles. The van der Waals surface area contributed by atoms with E-state index in [2.05, 4.69) is 5.32 Å². The second-order valence-electron chi connectivity index (χ2n) is 5.02. The molecule has 4 heteroatoms. The van der Waals surface area contributed by atoms with Crippen LogP contribution in [0.25, 0.3) is 0 Å². The van der Waals surface area contributed by atoms with Gasteiger partial charge in [0.15, 0.2) is 0 Å². The van der Waals surface area contributed by atoms with E-state index in [4.69, 9.17) is 4.74 Å². The maximum Gasteiger partial charge on any atom is 0.410 e. The maximum atomic E-state index is 12.0. The molecule has 2 aliphatic heterocycles. The molecule has 2 aliphatic rings. The number of hydrogen-bond donors (Lipinski definition) is 1. The van der Waals surface area contributed by atoms with Gasteiger partial charge in [0.25, 0.3) is 0 Å². The highest BCUT2D eigenvalue weighted by atomic mass is 16.6. The molecule has 1 aromatic rings. The van der Waals surface area contributed by atoms with Crippen LogP contribution in [0.3, 0.4) is 0 Å². The summed E-state index contributed by atoms with van der Waals surface area (Å²) in [4.78, 5) is 13.8. The number of amides is 1. The number of benzene rings is 1. The van der Waals surface area contributed by atoms with Gasteiger partial charge in [-0.3, -0.25) is 0 Å². The standard InChI is InChI=1S/C15H18N2O2/c18-15(19-11-12-4-2-1-3-5-12)17-7-6-13-8-16-9-14(13)10-17/h1-5,16H,6-11H2. The predicted octanol–water partition coefficient (Wildman–Crippen LogP) is 1.93. The SMILES string of the molecule is O=C(OCc1ccccc1)N1CCC2=C(CNC2)C1. The number of carbonyl (C=O) groups excluding carboxylic acids is 1. The number of rotatable bonds is 2. The molecule has 0 fully saturated rings. The summed E-state index contributed by atoms with van der Waals surface area (Å²) in [7, 11) is 0. The van der Waals surface area contributed by atoms with Gasteiger partial charge in [-0.05, 0) is 17.6 Å². The van der Waals surface area contributed by atoms with E-state index >= 15 is 0 Å². The van der Waals surface area contributed by atoms with E-state index in [0.29, 0.717) is 6.61 Å². The molecule has 4 nitrogen and oxygen atoms in total. The molecule has 1 aromatic carbocycles. The molecule has 0 spiro atoms. The van der Waals surface area contributed by atoms with Crippen LogP contribution >= 0.6 is 0 Å². The molecule has 0 atom stereocenters. The Balaban J connectivity index is 1.54. The maximum absolute atomic E-state index is 12.0. The van der Waals surface area contributed by atoms with Crippen molar-refractivity contribution < 1.29 is 9.53 Å². The van der Waals surface area contributed by atoms with Crippen molar-refractivity contribution in [2.45, 2.75) is 13.0 Å². The first kappa shape index (κ1) is 12.2. The van der Waals surface area contributed by atoms with Crippen molar-refractivity contribution >= 4 is 6.09 Å². The number of carbonyl (C=O) groups is 1. The highest BCUT2D eigenvalue weighted by Gasteiger charge is 2.25. The minimum absolute atomic E-state index is 0.206. The van der Waals surface area contributed by atoms with Gasteiger partial charge in [0.1, 0.15) is 6.61 Å². The Kier molecular flexibility index (Phi) is 3.51. The summed E-state index contributed by atoms with van der Waals surface area (Å²) in [5, 5.41) is 3.33. The number of nitrogens with zero attached hydrogens (tertiary/aromatic N) is 1. The van der Waals surface area contributed by atoms with Crippen LogP contribution in [0.15, 0.2) is 41.5 Å². The molecular formula is C15H18N2O2. The Labute approximate surface area is 113 Å². The van der Waals surface area contributed by atoms with Crippen LogP contribution in [0.5, 0.6) is 0 Å². The van der Waals surface area contributed by atoms with E-state index in [1.165, 1.54) is 11.1 Å². The average Bonchev–Trinajstić information content (AvgIpc) is 2.93. The third-order valence-electron chi connectivity index (χ3n) is 3.71. The summed E-state index contributed by atoms with van der Waals surface area (Å²) in [6.07, 6.45) is 0.769. The molecule has 1 N–H and O–H groups in total. The van der Waals surface area contributed by atoms with E-state index in [1.807, 2.05) is 30.3 Å². The first-order chi connectivity index (χ1) is 9.33. The van der Waals surface area contributed by atoms with Gasteiger partial charge < -0.3 is 15.0 Å². The summed E-state index contributed by atoms with van der Waals surface area (Å²) < 4.78 is 5.36. The lowest BCUT2D eigenvalue weighted by Crippen LogP contribution is -2.37. The van der Waals surface area contributed by atoms with Crippen molar-refractivity contribution in [2.75, 3.05) is 26.2 Å². The molecule has 0 saturated heterocycles. The Morgan fingerprint density at radius 3 is 2.84 bits per heavy atom. The van der Waals surface area contributed by atoms with Gasteiger partial charge in [-0.15, -0.1) is 0 Å². The lowest BCUT2D eigenvalue weighted by atomic mass is 10.0. The highest BCUT2D eigenvalue weighted by Crippen LogP contribution is 2.21. The van der Waals surface area contributed by atoms with Crippen LogP contribution in [0, 0.1) is 0 Å². The van der Waals surface area contributed by atoms with Crippen molar-refractivity contribution in [3.05, 3.63) is 47.0 Å². The largest absolute Gasteiger partial charge is 0.445 e. The van der Waals surface area contributed by atoms with Gasteiger partial charge >= 0.3 is 6.09 Å². The zero-order valence-electron chi connectivity index (χ0n) is 10.9. The molecule has 1 amide bonds. The molecule has 3 rings (SSSR count). The topological polar surface area (TPSA) is 41.6 Å². The summed E-state index contributed by atoms with van der Waals surface area (Å²) >= 11 is 0. The van der Waals surface area contributed by atoms with Crippen LogP contribution in [0.4, 0.5) is 4.79 Å². The van der Waals surface area contributed by atoms with Crippen molar-refractivity contribution in [1.29, 1.82) is 0 Å². The van der Waals surface area contributed by atoms with Crippen LogP contribution in [0.2, 0.25) is 0 Å². The van der Waals surface area contributed by atoms with Gasteiger partial charge in [-0.2, -0.15) is 0 Å². The van der Waals surface area contributed by atoms with Gasteiger partial charge in [0.05, 0.1) is 0 Å². The number of nitrogens with one attached hydrogen (secondary N) is 1. The van der Waals surface area contributed by atoms with E-state index in [0.717, 1.165) is 38.2 Å².